The van der Waals surface area contributed by atoms with Crippen LogP contribution in [-0.4, -0.2) is 9.78 Å². The van der Waals surface area contributed by atoms with Crippen molar-refractivity contribution in [3.8, 4) is 5.69 Å². The van der Waals surface area contributed by atoms with Crippen LogP contribution in [0.4, 0.5) is 18.9 Å². The van der Waals surface area contributed by atoms with Crippen LogP contribution in [0.2, 0.25) is 0 Å². The molecule has 0 bridgehead atoms. The Bertz CT molecular complexity index is 543. The Morgan fingerprint density at radius 1 is 1.29 bits per heavy atom. The molecule has 0 aliphatic heterocycles. The van der Waals surface area contributed by atoms with E-state index in [-0.39, 0.29) is 5.69 Å². The molecular weight excluding hydrogens is 231 g/mol. The van der Waals surface area contributed by atoms with Crippen molar-refractivity contribution in [2.45, 2.75) is 13.1 Å². The molecule has 2 rings (SSSR count). The summed E-state index contributed by atoms with van der Waals surface area (Å²) in [6.45, 7) is 1.84. The zero-order valence-electron chi connectivity index (χ0n) is 8.99. The van der Waals surface area contributed by atoms with E-state index in [4.69, 9.17) is 5.73 Å². The summed E-state index contributed by atoms with van der Waals surface area (Å²) < 4.78 is 38.7. The molecule has 0 aliphatic rings. The standard InChI is InChI=1S/C11H10F3N3/c1-7-5-16-17(6-7)10-3-2-8(4-9(10)15)11(12,13)14/h2-6H,15H2,1H3. The van der Waals surface area contributed by atoms with Crippen molar-refractivity contribution in [3.05, 3.63) is 41.7 Å². The van der Waals surface area contributed by atoms with Gasteiger partial charge in [-0.15, -0.1) is 0 Å². The Labute approximate surface area is 95.7 Å². The summed E-state index contributed by atoms with van der Waals surface area (Å²) in [5.41, 5.74) is 6.22. The van der Waals surface area contributed by atoms with E-state index in [1.807, 2.05) is 6.92 Å². The van der Waals surface area contributed by atoms with Crippen molar-refractivity contribution >= 4 is 5.69 Å². The van der Waals surface area contributed by atoms with Gasteiger partial charge in [0.25, 0.3) is 0 Å². The molecule has 0 atom stereocenters. The summed E-state index contributed by atoms with van der Waals surface area (Å²) in [6, 6.07) is 3.21. The van der Waals surface area contributed by atoms with Gasteiger partial charge in [0, 0.05) is 6.20 Å². The molecule has 90 valence electrons. The zero-order valence-corrected chi connectivity index (χ0v) is 8.99. The van der Waals surface area contributed by atoms with Gasteiger partial charge in [-0.1, -0.05) is 0 Å². The Hall–Kier alpha value is -1.98. The Morgan fingerprint density at radius 3 is 2.47 bits per heavy atom. The molecule has 1 aromatic carbocycles. The van der Waals surface area contributed by atoms with Crippen molar-refractivity contribution < 1.29 is 13.2 Å². The van der Waals surface area contributed by atoms with Crippen LogP contribution in [0.25, 0.3) is 5.69 Å². The number of alkyl halides is 3. The number of aromatic nitrogens is 2. The van der Waals surface area contributed by atoms with Gasteiger partial charge in [0.1, 0.15) is 0 Å². The van der Waals surface area contributed by atoms with Crippen LogP contribution < -0.4 is 5.73 Å². The molecule has 1 heterocycles. The van der Waals surface area contributed by atoms with E-state index in [1.165, 1.54) is 10.7 Å². The number of benzene rings is 1. The molecule has 0 saturated carbocycles. The molecule has 1 aromatic heterocycles. The number of aryl methyl sites for hydroxylation is 1. The fourth-order valence-corrected chi connectivity index (χ4v) is 1.48. The first-order valence-electron chi connectivity index (χ1n) is 4.86. The molecule has 6 heteroatoms. The van der Waals surface area contributed by atoms with E-state index in [9.17, 15) is 13.2 Å². The lowest BCUT2D eigenvalue weighted by molar-refractivity contribution is -0.137. The van der Waals surface area contributed by atoms with Gasteiger partial charge in [-0.05, 0) is 30.7 Å². The average Bonchev–Trinajstić information content (AvgIpc) is 2.63. The molecule has 0 amide bonds. The Balaban J connectivity index is 2.45. The molecule has 17 heavy (non-hydrogen) atoms. The highest BCUT2D eigenvalue weighted by atomic mass is 19.4. The second kappa shape index (κ2) is 3.80. The third-order valence-corrected chi connectivity index (χ3v) is 2.31. The van der Waals surface area contributed by atoms with Crippen LogP contribution in [0.5, 0.6) is 0 Å². The lowest BCUT2D eigenvalue weighted by Gasteiger charge is -2.10. The molecule has 2 N–H and O–H groups in total. The second-order valence-corrected chi connectivity index (χ2v) is 3.73. The van der Waals surface area contributed by atoms with Gasteiger partial charge in [-0.2, -0.15) is 18.3 Å². The molecular formula is C11H10F3N3. The topological polar surface area (TPSA) is 43.8 Å². The van der Waals surface area contributed by atoms with Crippen LogP contribution in [0.1, 0.15) is 11.1 Å². The maximum Gasteiger partial charge on any atom is 0.416 e. The van der Waals surface area contributed by atoms with E-state index >= 15 is 0 Å². The lowest BCUT2D eigenvalue weighted by Crippen LogP contribution is -2.07. The van der Waals surface area contributed by atoms with E-state index in [0.29, 0.717) is 5.69 Å². The first-order chi connectivity index (χ1) is 7.88. The largest absolute Gasteiger partial charge is 0.416 e. The number of anilines is 1. The van der Waals surface area contributed by atoms with Crippen LogP contribution in [0.15, 0.2) is 30.6 Å². The molecule has 0 fully saturated rings. The summed E-state index contributed by atoms with van der Waals surface area (Å²) >= 11 is 0. The van der Waals surface area contributed by atoms with Crippen molar-refractivity contribution in [1.82, 2.24) is 9.78 Å². The monoisotopic (exact) mass is 241 g/mol. The Morgan fingerprint density at radius 2 is 2.00 bits per heavy atom. The maximum atomic E-state index is 12.4. The normalized spacial score (nSPS) is 11.8. The minimum absolute atomic E-state index is 0.0444. The van der Waals surface area contributed by atoms with Gasteiger partial charge in [0.15, 0.2) is 0 Å². The van der Waals surface area contributed by atoms with Gasteiger partial charge < -0.3 is 5.73 Å². The summed E-state index contributed by atoms with van der Waals surface area (Å²) in [5, 5.41) is 3.99. The summed E-state index contributed by atoms with van der Waals surface area (Å²) in [6.07, 6.45) is -1.08. The summed E-state index contributed by atoms with van der Waals surface area (Å²) in [5.74, 6) is 0. The van der Waals surface area contributed by atoms with E-state index in [2.05, 4.69) is 5.10 Å². The van der Waals surface area contributed by atoms with Crippen LogP contribution in [0.3, 0.4) is 0 Å². The summed E-state index contributed by atoms with van der Waals surface area (Å²) in [7, 11) is 0. The highest BCUT2D eigenvalue weighted by Gasteiger charge is 2.30. The van der Waals surface area contributed by atoms with Gasteiger partial charge in [-0.3, -0.25) is 0 Å². The molecule has 0 aliphatic carbocycles. The van der Waals surface area contributed by atoms with Crippen molar-refractivity contribution in [3.63, 3.8) is 0 Å². The Kier molecular flexibility index (Phi) is 2.57. The first kappa shape index (κ1) is 11.5. The number of nitrogens with zero attached hydrogens (tertiary/aromatic N) is 2. The molecule has 0 saturated heterocycles. The van der Waals surface area contributed by atoms with Crippen LogP contribution >= 0.6 is 0 Å². The highest BCUT2D eigenvalue weighted by molar-refractivity contribution is 5.59. The zero-order chi connectivity index (χ0) is 12.6. The number of hydrogen-bond donors (Lipinski definition) is 1. The van der Waals surface area contributed by atoms with Gasteiger partial charge in [-0.25, -0.2) is 4.68 Å². The fourth-order valence-electron chi connectivity index (χ4n) is 1.48. The molecule has 0 spiro atoms. The first-order valence-corrected chi connectivity index (χ1v) is 4.86. The third kappa shape index (κ3) is 2.25. The van der Waals surface area contributed by atoms with Gasteiger partial charge in [0.05, 0.1) is 23.1 Å². The smallest absolute Gasteiger partial charge is 0.397 e. The predicted molar refractivity (Wildman–Crippen MR) is 57.7 cm³/mol. The minimum atomic E-state index is -4.38. The SMILES string of the molecule is Cc1cnn(-c2ccc(C(F)(F)F)cc2N)c1. The second-order valence-electron chi connectivity index (χ2n) is 3.73. The maximum absolute atomic E-state index is 12.4. The predicted octanol–water partition coefficient (Wildman–Crippen LogP) is 2.78. The highest BCUT2D eigenvalue weighted by Crippen LogP contribution is 2.32. The molecule has 0 unspecified atom stereocenters. The number of halogens is 3. The number of rotatable bonds is 1. The number of hydrogen-bond acceptors (Lipinski definition) is 2. The molecule has 0 radical (unpaired) electrons. The van der Waals surface area contributed by atoms with Crippen LogP contribution in [0, 0.1) is 6.92 Å². The van der Waals surface area contributed by atoms with Crippen LogP contribution in [-0.2, 0) is 6.18 Å². The van der Waals surface area contributed by atoms with Gasteiger partial charge >= 0.3 is 6.18 Å². The van der Waals surface area contributed by atoms with E-state index in [0.717, 1.165) is 17.7 Å². The van der Waals surface area contributed by atoms with Crippen molar-refractivity contribution in [2.24, 2.45) is 0 Å². The van der Waals surface area contributed by atoms with E-state index in [1.54, 1.807) is 12.4 Å². The fraction of sp³-hybridized carbons (Fsp3) is 0.182. The molecule has 2 aromatic rings. The molecule has 3 nitrogen and oxygen atoms in total. The lowest BCUT2D eigenvalue weighted by atomic mass is 10.1. The minimum Gasteiger partial charge on any atom is -0.397 e. The van der Waals surface area contributed by atoms with Gasteiger partial charge in [0.2, 0.25) is 0 Å². The number of nitrogens with two attached hydrogens (primary N) is 1. The third-order valence-electron chi connectivity index (χ3n) is 2.31. The van der Waals surface area contributed by atoms with E-state index < -0.39 is 11.7 Å². The quantitative estimate of drug-likeness (QED) is 0.780. The van der Waals surface area contributed by atoms with Crippen molar-refractivity contribution in [2.75, 3.05) is 5.73 Å². The summed E-state index contributed by atoms with van der Waals surface area (Å²) in [4.78, 5) is 0. The number of nitrogen functional groups attached to an aromatic ring is 1. The van der Waals surface area contributed by atoms with Crippen molar-refractivity contribution in [1.29, 1.82) is 0 Å². The average molecular weight is 241 g/mol.